The molecule has 118 valence electrons. The van der Waals surface area contributed by atoms with Crippen LogP contribution < -0.4 is 10.2 Å². The third-order valence-corrected chi connectivity index (χ3v) is 4.65. The van der Waals surface area contributed by atoms with Gasteiger partial charge >= 0.3 is 0 Å². The van der Waals surface area contributed by atoms with Gasteiger partial charge in [-0.15, -0.1) is 11.3 Å². The SMILES string of the molecule is CC(C)(C)NC(=O)C1CCCN(c2ncnc3sccc23)C1. The fourth-order valence-electron chi connectivity index (χ4n) is 2.88. The highest BCUT2D eigenvalue weighted by molar-refractivity contribution is 7.16. The van der Waals surface area contributed by atoms with Gasteiger partial charge in [0.2, 0.25) is 5.91 Å². The molecule has 1 N–H and O–H groups in total. The number of thiophene rings is 1. The number of carbonyl (C=O) groups excluding carboxylic acids is 1. The minimum absolute atomic E-state index is 0.0247. The Morgan fingerprint density at radius 1 is 1.41 bits per heavy atom. The maximum absolute atomic E-state index is 12.4. The van der Waals surface area contributed by atoms with E-state index >= 15 is 0 Å². The molecular formula is C16H22N4OS. The maximum Gasteiger partial charge on any atom is 0.225 e. The molecule has 0 bridgehead atoms. The highest BCUT2D eigenvalue weighted by Crippen LogP contribution is 2.30. The fraction of sp³-hybridized carbons (Fsp3) is 0.562. The van der Waals surface area contributed by atoms with Crippen LogP contribution in [0.2, 0.25) is 0 Å². The molecule has 5 nitrogen and oxygen atoms in total. The van der Waals surface area contributed by atoms with Crippen LogP contribution in [0.3, 0.4) is 0 Å². The number of hydrogen-bond donors (Lipinski definition) is 1. The van der Waals surface area contributed by atoms with Gasteiger partial charge in [-0.05, 0) is 45.1 Å². The Morgan fingerprint density at radius 2 is 2.23 bits per heavy atom. The van der Waals surface area contributed by atoms with Crippen LogP contribution >= 0.6 is 11.3 Å². The summed E-state index contributed by atoms with van der Waals surface area (Å²) in [6, 6.07) is 2.06. The van der Waals surface area contributed by atoms with E-state index in [1.807, 2.05) is 26.2 Å². The lowest BCUT2D eigenvalue weighted by Crippen LogP contribution is -2.48. The Balaban J connectivity index is 1.78. The fourth-order valence-corrected chi connectivity index (χ4v) is 3.61. The van der Waals surface area contributed by atoms with Crippen LogP contribution in [0.25, 0.3) is 10.2 Å². The summed E-state index contributed by atoms with van der Waals surface area (Å²) in [5, 5.41) is 6.22. The molecule has 3 rings (SSSR count). The quantitative estimate of drug-likeness (QED) is 0.925. The van der Waals surface area contributed by atoms with E-state index in [9.17, 15) is 4.79 Å². The molecule has 0 saturated carbocycles. The summed E-state index contributed by atoms with van der Waals surface area (Å²) < 4.78 is 0. The number of aromatic nitrogens is 2. The molecule has 1 amide bonds. The van der Waals surface area contributed by atoms with Crippen molar-refractivity contribution in [2.45, 2.75) is 39.2 Å². The third kappa shape index (κ3) is 3.21. The van der Waals surface area contributed by atoms with Crippen LogP contribution in [-0.2, 0) is 4.79 Å². The lowest BCUT2D eigenvalue weighted by atomic mass is 9.95. The molecule has 3 heterocycles. The van der Waals surface area contributed by atoms with Gasteiger partial charge in [0.05, 0.1) is 11.3 Å². The van der Waals surface area contributed by atoms with Crippen LogP contribution in [0.4, 0.5) is 5.82 Å². The van der Waals surface area contributed by atoms with Gasteiger partial charge in [-0.2, -0.15) is 0 Å². The van der Waals surface area contributed by atoms with Gasteiger partial charge in [-0.3, -0.25) is 4.79 Å². The van der Waals surface area contributed by atoms with E-state index < -0.39 is 0 Å². The highest BCUT2D eigenvalue weighted by atomic mass is 32.1. The number of rotatable bonds is 2. The number of nitrogens with one attached hydrogen (secondary N) is 1. The summed E-state index contributed by atoms with van der Waals surface area (Å²) in [6.07, 6.45) is 3.57. The van der Waals surface area contributed by atoms with E-state index in [2.05, 4.69) is 26.3 Å². The minimum Gasteiger partial charge on any atom is -0.355 e. The Labute approximate surface area is 134 Å². The zero-order chi connectivity index (χ0) is 15.7. The molecule has 0 radical (unpaired) electrons. The van der Waals surface area contributed by atoms with E-state index in [1.165, 1.54) is 0 Å². The molecule has 2 aromatic rings. The predicted octanol–water partition coefficient (Wildman–Crippen LogP) is 2.82. The predicted molar refractivity (Wildman–Crippen MR) is 90.2 cm³/mol. The molecule has 0 spiro atoms. The van der Waals surface area contributed by atoms with Gasteiger partial charge in [0.25, 0.3) is 0 Å². The molecule has 22 heavy (non-hydrogen) atoms. The summed E-state index contributed by atoms with van der Waals surface area (Å²) in [7, 11) is 0. The van der Waals surface area contributed by atoms with Crippen molar-refractivity contribution in [3.63, 3.8) is 0 Å². The summed E-state index contributed by atoms with van der Waals surface area (Å²) in [5.41, 5.74) is -0.186. The van der Waals surface area contributed by atoms with Gasteiger partial charge in [-0.25, -0.2) is 9.97 Å². The number of amides is 1. The van der Waals surface area contributed by atoms with Crippen molar-refractivity contribution in [1.29, 1.82) is 0 Å². The number of fused-ring (bicyclic) bond motifs is 1. The topological polar surface area (TPSA) is 58.1 Å². The molecule has 1 unspecified atom stereocenters. The average Bonchev–Trinajstić information content (AvgIpc) is 2.94. The molecule has 1 aliphatic heterocycles. The molecule has 1 fully saturated rings. The van der Waals surface area contributed by atoms with E-state index in [4.69, 9.17) is 0 Å². The zero-order valence-corrected chi connectivity index (χ0v) is 14.1. The van der Waals surface area contributed by atoms with Crippen molar-refractivity contribution in [2.75, 3.05) is 18.0 Å². The molecule has 0 aromatic carbocycles. The molecule has 1 aliphatic rings. The second kappa shape index (κ2) is 5.83. The Bertz CT molecular complexity index is 676. The number of anilines is 1. The third-order valence-electron chi connectivity index (χ3n) is 3.83. The molecule has 1 atom stereocenters. The number of carbonyl (C=O) groups is 1. The Hall–Kier alpha value is -1.69. The normalized spacial score (nSPS) is 19.4. The monoisotopic (exact) mass is 318 g/mol. The van der Waals surface area contributed by atoms with Crippen molar-refractivity contribution in [2.24, 2.45) is 5.92 Å². The van der Waals surface area contributed by atoms with Gasteiger partial charge < -0.3 is 10.2 Å². The van der Waals surface area contributed by atoms with E-state index in [0.717, 1.165) is 42.0 Å². The maximum atomic E-state index is 12.4. The molecular weight excluding hydrogens is 296 g/mol. The first-order valence-corrected chi connectivity index (χ1v) is 8.57. The van der Waals surface area contributed by atoms with Gasteiger partial charge in [-0.1, -0.05) is 0 Å². The van der Waals surface area contributed by atoms with Crippen LogP contribution in [0, 0.1) is 5.92 Å². The van der Waals surface area contributed by atoms with Gasteiger partial charge in [0.1, 0.15) is 17.0 Å². The van der Waals surface area contributed by atoms with Gasteiger partial charge in [0.15, 0.2) is 0 Å². The Morgan fingerprint density at radius 3 is 3.00 bits per heavy atom. The average molecular weight is 318 g/mol. The Kier molecular flexibility index (Phi) is 4.04. The zero-order valence-electron chi connectivity index (χ0n) is 13.3. The highest BCUT2D eigenvalue weighted by Gasteiger charge is 2.29. The van der Waals surface area contributed by atoms with Crippen molar-refractivity contribution in [3.8, 4) is 0 Å². The van der Waals surface area contributed by atoms with E-state index in [-0.39, 0.29) is 17.4 Å². The summed E-state index contributed by atoms with van der Waals surface area (Å²) in [4.78, 5) is 24.4. The first-order chi connectivity index (χ1) is 10.4. The smallest absolute Gasteiger partial charge is 0.225 e. The molecule has 6 heteroatoms. The standard InChI is InChI=1S/C16H22N4OS/c1-16(2,3)19-14(21)11-5-4-7-20(9-11)13-12-6-8-22-15(12)18-10-17-13/h6,8,10-11H,4-5,7,9H2,1-3H3,(H,19,21). The summed E-state index contributed by atoms with van der Waals surface area (Å²) >= 11 is 1.62. The first kappa shape index (κ1) is 15.2. The number of piperidine rings is 1. The number of hydrogen-bond acceptors (Lipinski definition) is 5. The van der Waals surface area contributed by atoms with Crippen molar-refractivity contribution in [1.82, 2.24) is 15.3 Å². The number of nitrogens with zero attached hydrogens (tertiary/aromatic N) is 3. The van der Waals surface area contributed by atoms with Crippen LogP contribution in [0.15, 0.2) is 17.8 Å². The van der Waals surface area contributed by atoms with Crippen molar-refractivity contribution < 1.29 is 4.79 Å². The largest absolute Gasteiger partial charge is 0.355 e. The second-order valence-corrected chi connectivity index (χ2v) is 7.76. The minimum atomic E-state index is -0.186. The summed E-state index contributed by atoms with van der Waals surface area (Å²) in [5.74, 6) is 1.13. The van der Waals surface area contributed by atoms with Gasteiger partial charge in [0, 0.05) is 18.6 Å². The molecule has 0 aliphatic carbocycles. The van der Waals surface area contributed by atoms with E-state index in [1.54, 1.807) is 17.7 Å². The molecule has 2 aromatic heterocycles. The van der Waals surface area contributed by atoms with E-state index in [0.29, 0.717) is 0 Å². The van der Waals surface area contributed by atoms with Crippen LogP contribution in [-0.4, -0.2) is 34.5 Å². The van der Waals surface area contributed by atoms with Crippen LogP contribution in [0.1, 0.15) is 33.6 Å². The lowest BCUT2D eigenvalue weighted by Gasteiger charge is -2.34. The molecule has 1 saturated heterocycles. The van der Waals surface area contributed by atoms with Crippen molar-refractivity contribution >= 4 is 33.3 Å². The first-order valence-electron chi connectivity index (χ1n) is 7.69. The lowest BCUT2D eigenvalue weighted by molar-refractivity contribution is -0.126. The second-order valence-electron chi connectivity index (χ2n) is 6.86. The van der Waals surface area contributed by atoms with Crippen molar-refractivity contribution in [3.05, 3.63) is 17.8 Å². The summed E-state index contributed by atoms with van der Waals surface area (Å²) in [6.45, 7) is 7.73. The van der Waals surface area contributed by atoms with Crippen LogP contribution in [0.5, 0.6) is 0 Å².